The molecule has 0 saturated heterocycles. The Morgan fingerprint density at radius 1 is 1.07 bits per heavy atom. The molecular formula is C22H16N3O4-. The Balaban J connectivity index is 1.73. The molecule has 1 aromatic heterocycles. The summed E-state index contributed by atoms with van der Waals surface area (Å²) in [5, 5.41) is 23.4. The van der Waals surface area contributed by atoms with Gasteiger partial charge in [-0.25, -0.2) is 4.98 Å². The van der Waals surface area contributed by atoms with Crippen molar-refractivity contribution in [1.82, 2.24) is 4.98 Å². The number of para-hydroxylation sites is 2. The van der Waals surface area contributed by atoms with Crippen LogP contribution in [0.1, 0.15) is 16.7 Å². The monoisotopic (exact) mass is 386 g/mol. The molecule has 1 heterocycles. The van der Waals surface area contributed by atoms with Crippen LogP contribution in [0.5, 0.6) is 5.75 Å². The zero-order chi connectivity index (χ0) is 20.5. The number of aromatic nitrogens is 1. The van der Waals surface area contributed by atoms with Gasteiger partial charge in [-0.15, -0.1) is 0 Å². The zero-order valence-electron chi connectivity index (χ0n) is 15.7. The van der Waals surface area contributed by atoms with Crippen LogP contribution >= 0.6 is 0 Å². The van der Waals surface area contributed by atoms with Crippen LogP contribution in [0, 0.1) is 24.0 Å². The molecule has 3 aromatic carbocycles. The number of nitro benzene ring substituents is 1. The largest absolute Gasteiger partial charge is 0.872 e. The van der Waals surface area contributed by atoms with E-state index in [4.69, 9.17) is 4.42 Å². The van der Waals surface area contributed by atoms with Gasteiger partial charge in [0.05, 0.1) is 10.6 Å². The van der Waals surface area contributed by atoms with Gasteiger partial charge in [0.15, 0.2) is 5.58 Å². The van der Waals surface area contributed by atoms with Crippen molar-refractivity contribution in [1.29, 1.82) is 0 Å². The van der Waals surface area contributed by atoms with Gasteiger partial charge in [0, 0.05) is 23.9 Å². The molecule has 0 saturated carbocycles. The van der Waals surface area contributed by atoms with Crippen molar-refractivity contribution in [3.63, 3.8) is 0 Å². The van der Waals surface area contributed by atoms with Crippen LogP contribution in [0.4, 0.5) is 11.4 Å². The number of oxazole rings is 1. The van der Waals surface area contributed by atoms with Crippen LogP contribution in [0.15, 0.2) is 64.0 Å². The maximum atomic E-state index is 12.3. The van der Waals surface area contributed by atoms with Gasteiger partial charge in [0.2, 0.25) is 5.89 Å². The molecule has 0 aliphatic carbocycles. The summed E-state index contributed by atoms with van der Waals surface area (Å²) >= 11 is 0. The van der Waals surface area contributed by atoms with Crippen molar-refractivity contribution in [2.45, 2.75) is 13.8 Å². The van der Waals surface area contributed by atoms with Crippen LogP contribution < -0.4 is 5.11 Å². The summed E-state index contributed by atoms with van der Waals surface area (Å²) in [4.78, 5) is 19.4. The highest BCUT2D eigenvalue weighted by molar-refractivity contribution is 5.87. The summed E-state index contributed by atoms with van der Waals surface area (Å²) in [5.41, 5.74) is 4.04. The number of aryl methyl sites for hydroxylation is 2. The summed E-state index contributed by atoms with van der Waals surface area (Å²) in [6, 6.07) is 15.6. The Bertz CT molecular complexity index is 1240. The zero-order valence-corrected chi connectivity index (χ0v) is 15.7. The summed E-state index contributed by atoms with van der Waals surface area (Å²) in [7, 11) is 0. The van der Waals surface area contributed by atoms with Crippen LogP contribution in [0.3, 0.4) is 0 Å². The molecule has 0 fully saturated rings. The van der Waals surface area contributed by atoms with E-state index >= 15 is 0 Å². The van der Waals surface area contributed by atoms with E-state index in [2.05, 4.69) is 9.98 Å². The number of hydrogen-bond donors (Lipinski definition) is 0. The number of non-ortho nitro benzene ring substituents is 1. The van der Waals surface area contributed by atoms with Crippen LogP contribution in [0.2, 0.25) is 0 Å². The van der Waals surface area contributed by atoms with Crippen molar-refractivity contribution in [3.05, 3.63) is 81.4 Å². The second-order valence-corrected chi connectivity index (χ2v) is 6.68. The number of nitrogens with zero attached hydrogens (tertiary/aromatic N) is 3. The molecule has 0 spiro atoms. The molecule has 0 aliphatic rings. The number of rotatable bonds is 4. The summed E-state index contributed by atoms with van der Waals surface area (Å²) in [5.74, 6) is 0.186. The minimum Gasteiger partial charge on any atom is -0.872 e. The first-order valence-electron chi connectivity index (χ1n) is 8.89. The van der Waals surface area contributed by atoms with Crippen LogP contribution in [-0.4, -0.2) is 16.1 Å². The van der Waals surface area contributed by atoms with E-state index in [1.807, 2.05) is 49.4 Å². The van der Waals surface area contributed by atoms with Gasteiger partial charge in [-0.1, -0.05) is 29.5 Å². The molecule has 0 amide bonds. The average molecular weight is 386 g/mol. The Hall–Kier alpha value is -4.00. The van der Waals surface area contributed by atoms with Crippen molar-refractivity contribution >= 4 is 28.7 Å². The minimum absolute atomic E-state index is 0.138. The van der Waals surface area contributed by atoms with E-state index in [0.717, 1.165) is 16.6 Å². The fourth-order valence-electron chi connectivity index (χ4n) is 3.00. The first-order valence-corrected chi connectivity index (χ1v) is 8.89. The normalized spacial score (nSPS) is 11.4. The molecule has 0 bridgehead atoms. The third-order valence-corrected chi connectivity index (χ3v) is 4.59. The first kappa shape index (κ1) is 18.4. The second-order valence-electron chi connectivity index (χ2n) is 6.68. The van der Waals surface area contributed by atoms with Crippen molar-refractivity contribution in [2.75, 3.05) is 0 Å². The summed E-state index contributed by atoms with van der Waals surface area (Å²) < 4.78 is 5.80. The molecule has 4 rings (SSSR count). The van der Waals surface area contributed by atoms with Crippen LogP contribution in [-0.2, 0) is 0 Å². The van der Waals surface area contributed by atoms with Crippen molar-refractivity contribution in [2.24, 2.45) is 4.99 Å². The standard InChI is InChI=1S/C22H17N3O4/c1-13-7-8-15(22-24-18-5-3-4-6-20(18)29-22)11-19(13)23-12-16-10-17(25(27)28)9-14(2)21(16)26/h3-12,26H,1-2H3/p-1. The Morgan fingerprint density at radius 3 is 2.62 bits per heavy atom. The van der Waals surface area contributed by atoms with Gasteiger partial charge in [-0.05, 0) is 49.2 Å². The van der Waals surface area contributed by atoms with Crippen molar-refractivity contribution < 1.29 is 14.4 Å². The van der Waals surface area contributed by atoms with Gasteiger partial charge < -0.3 is 9.52 Å². The second kappa shape index (κ2) is 7.20. The molecule has 144 valence electrons. The molecule has 0 atom stereocenters. The van der Waals surface area contributed by atoms with Gasteiger partial charge >= 0.3 is 0 Å². The Kier molecular flexibility index (Phi) is 4.56. The summed E-state index contributed by atoms with van der Waals surface area (Å²) in [6.07, 6.45) is 1.36. The number of fused-ring (bicyclic) bond motifs is 1. The summed E-state index contributed by atoms with van der Waals surface area (Å²) in [6.45, 7) is 3.44. The predicted molar refractivity (Wildman–Crippen MR) is 109 cm³/mol. The minimum atomic E-state index is -0.525. The Labute approximate surface area is 166 Å². The fourth-order valence-corrected chi connectivity index (χ4v) is 3.00. The first-order chi connectivity index (χ1) is 13.9. The number of nitro groups is 1. The molecule has 0 unspecified atom stereocenters. The van der Waals surface area contributed by atoms with E-state index < -0.39 is 4.92 Å². The van der Waals surface area contributed by atoms with E-state index in [9.17, 15) is 15.2 Å². The smallest absolute Gasteiger partial charge is 0.270 e. The highest BCUT2D eigenvalue weighted by atomic mass is 16.6. The van der Waals surface area contributed by atoms with Crippen molar-refractivity contribution in [3.8, 4) is 17.2 Å². The lowest BCUT2D eigenvalue weighted by Gasteiger charge is -2.13. The molecule has 0 N–H and O–H groups in total. The molecule has 29 heavy (non-hydrogen) atoms. The Morgan fingerprint density at radius 2 is 1.86 bits per heavy atom. The van der Waals surface area contributed by atoms with E-state index in [0.29, 0.717) is 22.7 Å². The SMILES string of the molecule is Cc1ccc(-c2nc3ccccc3o2)cc1N=Cc1cc([N+](=O)[O-])cc(C)c1[O-]. The van der Waals surface area contributed by atoms with Gasteiger partial charge in [0.1, 0.15) is 5.52 Å². The molecule has 4 aromatic rings. The van der Waals surface area contributed by atoms with Gasteiger partial charge in [-0.3, -0.25) is 15.1 Å². The number of aliphatic imine (C=N–C) groups is 1. The number of benzene rings is 3. The lowest BCUT2D eigenvalue weighted by Crippen LogP contribution is -2.01. The quantitative estimate of drug-likeness (QED) is 0.283. The maximum absolute atomic E-state index is 12.3. The molecular weight excluding hydrogens is 370 g/mol. The van der Waals surface area contributed by atoms with Gasteiger partial charge in [-0.2, -0.15) is 0 Å². The highest BCUT2D eigenvalue weighted by Gasteiger charge is 2.11. The molecule has 0 aliphatic heterocycles. The lowest BCUT2D eigenvalue weighted by molar-refractivity contribution is -0.385. The average Bonchev–Trinajstić information content (AvgIpc) is 3.14. The topological polar surface area (TPSA) is 105 Å². The van der Waals surface area contributed by atoms with E-state index in [1.165, 1.54) is 18.3 Å². The van der Waals surface area contributed by atoms with Crippen LogP contribution in [0.25, 0.3) is 22.6 Å². The predicted octanol–water partition coefficient (Wildman–Crippen LogP) is 4.84. The highest BCUT2D eigenvalue weighted by Crippen LogP contribution is 2.30. The maximum Gasteiger partial charge on any atom is 0.270 e. The molecule has 7 nitrogen and oxygen atoms in total. The third-order valence-electron chi connectivity index (χ3n) is 4.59. The number of hydrogen-bond acceptors (Lipinski definition) is 6. The fraction of sp³-hybridized carbons (Fsp3) is 0.0909. The third kappa shape index (κ3) is 3.58. The lowest BCUT2D eigenvalue weighted by atomic mass is 10.1. The molecule has 0 radical (unpaired) electrons. The molecule has 7 heteroatoms. The van der Waals surface area contributed by atoms with Gasteiger partial charge in [0.25, 0.3) is 5.69 Å². The van der Waals surface area contributed by atoms with E-state index in [-0.39, 0.29) is 17.0 Å². The van der Waals surface area contributed by atoms with E-state index in [1.54, 1.807) is 6.92 Å².